The van der Waals surface area contributed by atoms with Gasteiger partial charge in [0.05, 0.1) is 5.02 Å². The number of benzene rings is 1. The minimum Gasteiger partial charge on any atom is -0.345 e. The molecule has 0 saturated heterocycles. The summed E-state index contributed by atoms with van der Waals surface area (Å²) in [4.78, 5) is 12.6. The molecule has 1 aliphatic heterocycles. The Bertz CT molecular complexity index is 559. The maximum atomic E-state index is 13.1. The number of halogens is 5. The largest absolute Gasteiger partial charge is 0.411 e. The summed E-state index contributed by atoms with van der Waals surface area (Å²) in [7, 11) is 0. The molecule has 0 aliphatic carbocycles. The second-order valence-corrected chi connectivity index (χ2v) is 4.39. The third-order valence-electron chi connectivity index (χ3n) is 2.49. The molecule has 2 rings (SSSR count). The fourth-order valence-electron chi connectivity index (χ4n) is 1.68. The highest BCUT2D eigenvalue weighted by Gasteiger charge is 2.34. The number of rotatable bonds is 3. The molecule has 0 fully saturated rings. The first kappa shape index (κ1) is 14.8. The topological polar surface area (TPSA) is 29.5 Å². The predicted octanol–water partition coefficient (Wildman–Crippen LogP) is 3.29. The van der Waals surface area contributed by atoms with E-state index in [2.05, 4.69) is 4.74 Å². The number of nitrogens with zero attached hydrogens (tertiary/aromatic N) is 1. The fraction of sp³-hybridized carbons (Fsp3) is 0.250. The second kappa shape index (κ2) is 5.41. The van der Waals surface area contributed by atoms with Crippen LogP contribution in [-0.4, -0.2) is 24.9 Å². The summed E-state index contributed by atoms with van der Waals surface area (Å²) in [6.07, 6.45) is -3.44. The van der Waals surface area contributed by atoms with Crippen LogP contribution < -0.4 is 4.90 Å². The van der Waals surface area contributed by atoms with Crippen LogP contribution in [0.5, 0.6) is 0 Å². The first-order chi connectivity index (χ1) is 9.28. The number of amides is 1. The van der Waals surface area contributed by atoms with Gasteiger partial charge in [0.2, 0.25) is 0 Å². The van der Waals surface area contributed by atoms with Crippen LogP contribution in [0.2, 0.25) is 5.02 Å². The van der Waals surface area contributed by atoms with E-state index >= 15 is 0 Å². The van der Waals surface area contributed by atoms with E-state index in [1.165, 1.54) is 12.1 Å². The molecule has 3 nitrogen and oxygen atoms in total. The first-order valence-corrected chi connectivity index (χ1v) is 5.80. The number of carbonyl (C=O) groups excluding carboxylic acids is 1. The highest BCUT2D eigenvalue weighted by atomic mass is 35.5. The Hall–Kier alpha value is -1.60. The summed E-state index contributed by atoms with van der Waals surface area (Å²) >= 11 is 5.58. The summed E-state index contributed by atoms with van der Waals surface area (Å²) in [5.74, 6) is -1.26. The molecule has 1 unspecified atom stereocenters. The lowest BCUT2D eigenvalue weighted by atomic mass is 10.3. The van der Waals surface area contributed by atoms with Gasteiger partial charge >= 0.3 is 6.18 Å². The molecule has 1 atom stereocenters. The Morgan fingerprint density at radius 3 is 2.65 bits per heavy atom. The summed E-state index contributed by atoms with van der Waals surface area (Å²) < 4.78 is 54.1. The first-order valence-electron chi connectivity index (χ1n) is 5.43. The van der Waals surface area contributed by atoms with E-state index in [0.717, 1.165) is 23.1 Å². The van der Waals surface area contributed by atoms with Crippen LogP contribution in [0.3, 0.4) is 0 Å². The average Bonchev–Trinajstić information content (AvgIpc) is 2.71. The molecule has 108 valence electrons. The Balaban J connectivity index is 2.19. The maximum Gasteiger partial charge on any atom is 0.411 e. The van der Waals surface area contributed by atoms with E-state index in [-0.39, 0.29) is 10.7 Å². The molecule has 1 heterocycles. The van der Waals surface area contributed by atoms with E-state index < -0.39 is 30.7 Å². The van der Waals surface area contributed by atoms with E-state index in [4.69, 9.17) is 11.6 Å². The molecule has 1 aromatic carbocycles. The maximum absolute atomic E-state index is 13.1. The van der Waals surface area contributed by atoms with Crippen LogP contribution in [0.4, 0.5) is 23.2 Å². The number of hydrogen-bond acceptors (Lipinski definition) is 2. The normalized spacial score (nSPS) is 18.9. The van der Waals surface area contributed by atoms with Gasteiger partial charge in [-0.3, -0.25) is 9.69 Å². The fourth-order valence-corrected chi connectivity index (χ4v) is 1.85. The minimum absolute atomic E-state index is 0.151. The van der Waals surface area contributed by atoms with Crippen molar-refractivity contribution in [2.45, 2.75) is 12.4 Å². The lowest BCUT2D eigenvalue weighted by Gasteiger charge is -2.25. The Labute approximate surface area is 116 Å². The van der Waals surface area contributed by atoms with Crippen LogP contribution >= 0.6 is 11.6 Å². The Morgan fingerprint density at radius 2 is 2.05 bits per heavy atom. The molecular formula is C12H8ClF4NO2. The van der Waals surface area contributed by atoms with E-state index in [1.807, 2.05) is 0 Å². The van der Waals surface area contributed by atoms with E-state index in [1.54, 1.807) is 0 Å². The molecule has 1 amide bonds. The van der Waals surface area contributed by atoms with Gasteiger partial charge in [-0.1, -0.05) is 11.6 Å². The third kappa shape index (κ3) is 3.29. The summed E-state index contributed by atoms with van der Waals surface area (Å²) in [5.41, 5.74) is 0.151. The van der Waals surface area contributed by atoms with Crippen LogP contribution in [0, 0.1) is 5.82 Å². The molecule has 0 radical (unpaired) electrons. The molecule has 0 spiro atoms. The van der Waals surface area contributed by atoms with Crippen molar-refractivity contribution >= 4 is 23.2 Å². The Kier molecular flexibility index (Phi) is 4.01. The Morgan fingerprint density at radius 1 is 1.35 bits per heavy atom. The van der Waals surface area contributed by atoms with Crippen molar-refractivity contribution in [3.63, 3.8) is 0 Å². The van der Waals surface area contributed by atoms with E-state index in [9.17, 15) is 22.4 Å². The molecule has 0 aromatic heterocycles. The molecule has 1 aliphatic rings. The van der Waals surface area contributed by atoms with Gasteiger partial charge in [0, 0.05) is 11.8 Å². The monoisotopic (exact) mass is 309 g/mol. The summed E-state index contributed by atoms with van der Waals surface area (Å²) in [5, 5.41) is -0.239. The van der Waals surface area contributed by atoms with Crippen molar-refractivity contribution in [3.05, 3.63) is 41.2 Å². The van der Waals surface area contributed by atoms with Gasteiger partial charge in [-0.25, -0.2) is 4.39 Å². The van der Waals surface area contributed by atoms with Crippen LogP contribution in [0.1, 0.15) is 0 Å². The molecule has 1 aromatic rings. The zero-order chi connectivity index (χ0) is 14.9. The molecule has 8 heteroatoms. The number of carbonyl (C=O) groups is 1. The predicted molar refractivity (Wildman–Crippen MR) is 63.8 cm³/mol. The van der Waals surface area contributed by atoms with Crippen molar-refractivity contribution in [2.75, 3.05) is 11.5 Å². The van der Waals surface area contributed by atoms with Gasteiger partial charge in [0.25, 0.3) is 5.91 Å². The van der Waals surface area contributed by atoms with Crippen LogP contribution in [-0.2, 0) is 9.53 Å². The quantitative estimate of drug-likeness (QED) is 0.802. The SMILES string of the molecule is O=C1C=CC(OCC(F)(F)F)N1c1ccc(F)c(Cl)c1. The zero-order valence-corrected chi connectivity index (χ0v) is 10.6. The third-order valence-corrected chi connectivity index (χ3v) is 2.78. The van der Waals surface area contributed by atoms with Gasteiger partial charge in [0.15, 0.2) is 6.23 Å². The molecule has 0 bridgehead atoms. The average molecular weight is 310 g/mol. The van der Waals surface area contributed by atoms with Crippen molar-refractivity contribution in [2.24, 2.45) is 0 Å². The van der Waals surface area contributed by atoms with Crippen molar-refractivity contribution in [1.82, 2.24) is 0 Å². The molecule has 0 N–H and O–H groups in total. The van der Waals surface area contributed by atoms with Crippen molar-refractivity contribution in [1.29, 1.82) is 0 Å². The lowest BCUT2D eigenvalue weighted by Crippen LogP contribution is -2.37. The number of hydrogen-bond donors (Lipinski definition) is 0. The van der Waals surface area contributed by atoms with E-state index in [0.29, 0.717) is 0 Å². The lowest BCUT2D eigenvalue weighted by molar-refractivity contribution is -0.180. The van der Waals surface area contributed by atoms with Gasteiger partial charge in [0.1, 0.15) is 12.4 Å². The number of anilines is 1. The van der Waals surface area contributed by atoms with Gasteiger partial charge in [-0.05, 0) is 24.3 Å². The van der Waals surface area contributed by atoms with Gasteiger partial charge in [-0.2, -0.15) is 13.2 Å². The van der Waals surface area contributed by atoms with Crippen molar-refractivity contribution < 1.29 is 27.1 Å². The summed E-state index contributed by atoms with van der Waals surface area (Å²) in [6, 6.07) is 3.39. The zero-order valence-electron chi connectivity index (χ0n) is 9.82. The highest BCUT2D eigenvalue weighted by Crippen LogP contribution is 2.28. The van der Waals surface area contributed by atoms with Gasteiger partial charge < -0.3 is 4.74 Å². The highest BCUT2D eigenvalue weighted by molar-refractivity contribution is 6.31. The number of alkyl halides is 3. The molecule has 20 heavy (non-hydrogen) atoms. The molecule has 0 saturated carbocycles. The number of ether oxygens (including phenoxy) is 1. The van der Waals surface area contributed by atoms with Crippen LogP contribution in [0.25, 0.3) is 0 Å². The second-order valence-electron chi connectivity index (χ2n) is 3.98. The van der Waals surface area contributed by atoms with Gasteiger partial charge in [-0.15, -0.1) is 0 Å². The molecular weight excluding hydrogens is 302 g/mol. The standard InChI is InChI=1S/C12H8ClF4NO2/c13-8-5-7(1-2-9(8)14)18-10(19)3-4-11(18)20-6-12(15,16)17/h1-5,11H,6H2. The minimum atomic E-state index is -4.51. The summed E-state index contributed by atoms with van der Waals surface area (Å²) in [6.45, 7) is -1.50. The van der Waals surface area contributed by atoms with Crippen LogP contribution in [0.15, 0.2) is 30.4 Å². The van der Waals surface area contributed by atoms with Crippen molar-refractivity contribution in [3.8, 4) is 0 Å². The smallest absolute Gasteiger partial charge is 0.345 e.